The van der Waals surface area contributed by atoms with Gasteiger partial charge < -0.3 is 24.4 Å². The van der Waals surface area contributed by atoms with Crippen LogP contribution in [0, 0.1) is 11.8 Å². The number of rotatable bonds is 14. The van der Waals surface area contributed by atoms with Gasteiger partial charge in [-0.25, -0.2) is 0 Å². The topological polar surface area (TPSA) is 96.4 Å². The van der Waals surface area contributed by atoms with Crippen molar-refractivity contribution in [3.05, 3.63) is 25.3 Å². The fourth-order valence-corrected chi connectivity index (χ4v) is 6.53. The number of ether oxygens (including phenoxy) is 2. The highest BCUT2D eigenvalue weighted by molar-refractivity contribution is 5.98. The molecule has 1 spiro atoms. The van der Waals surface area contributed by atoms with Crippen molar-refractivity contribution in [2.75, 3.05) is 26.3 Å². The Kier molecular flexibility index (Phi) is 8.81. The van der Waals surface area contributed by atoms with Gasteiger partial charge in [-0.3, -0.25) is 14.4 Å². The van der Waals surface area contributed by atoms with Gasteiger partial charge >= 0.3 is 5.97 Å². The number of aliphatic hydroxyl groups excluding tert-OH is 1. The first-order chi connectivity index (χ1) is 16.8. The SMILES string of the molecule is C=CCCOC(=O)[C@H]1[C@H]2C(=O)N(CCCO)C(C(=O)N(CC=C)C(C)CCC)C23CC[C@]1(CC)O3. The van der Waals surface area contributed by atoms with Crippen LogP contribution in [0.2, 0.25) is 0 Å². The minimum absolute atomic E-state index is 0.0332. The number of nitrogens with zero attached hydrogens (tertiary/aromatic N) is 2. The summed E-state index contributed by atoms with van der Waals surface area (Å²) in [6, 6.07) is -0.876. The highest BCUT2D eigenvalue weighted by atomic mass is 16.6. The van der Waals surface area contributed by atoms with E-state index < -0.39 is 35.0 Å². The van der Waals surface area contributed by atoms with Gasteiger partial charge in [0.15, 0.2) is 0 Å². The number of esters is 1. The van der Waals surface area contributed by atoms with E-state index in [4.69, 9.17) is 9.47 Å². The second kappa shape index (κ2) is 11.2. The molecule has 3 heterocycles. The smallest absolute Gasteiger partial charge is 0.312 e. The van der Waals surface area contributed by atoms with Crippen molar-refractivity contribution in [3.8, 4) is 0 Å². The molecule has 8 nitrogen and oxygen atoms in total. The van der Waals surface area contributed by atoms with Crippen LogP contribution >= 0.6 is 0 Å². The summed E-state index contributed by atoms with van der Waals surface area (Å²) in [4.78, 5) is 44.8. The van der Waals surface area contributed by atoms with Crippen molar-refractivity contribution >= 4 is 17.8 Å². The summed E-state index contributed by atoms with van der Waals surface area (Å²) in [5, 5.41) is 9.50. The molecule has 3 aliphatic rings. The Balaban J connectivity index is 2.04. The quantitative estimate of drug-likeness (QED) is 0.229. The molecule has 6 atom stereocenters. The van der Waals surface area contributed by atoms with E-state index in [1.165, 1.54) is 0 Å². The number of amides is 2. The van der Waals surface area contributed by atoms with Gasteiger partial charge in [-0.1, -0.05) is 32.4 Å². The Labute approximate surface area is 209 Å². The molecule has 35 heavy (non-hydrogen) atoms. The van der Waals surface area contributed by atoms with Gasteiger partial charge in [-0.2, -0.15) is 0 Å². The van der Waals surface area contributed by atoms with E-state index in [1.807, 2.05) is 13.8 Å². The zero-order valence-electron chi connectivity index (χ0n) is 21.5. The van der Waals surface area contributed by atoms with Gasteiger partial charge in [0.2, 0.25) is 11.8 Å². The van der Waals surface area contributed by atoms with Gasteiger partial charge in [0.25, 0.3) is 0 Å². The van der Waals surface area contributed by atoms with Gasteiger partial charge in [-0.15, -0.1) is 13.2 Å². The second-order valence-electron chi connectivity index (χ2n) is 10.1. The standard InChI is InChI=1S/C27H42N2O6/c1-6-10-18-34-25(33)21-20-23(31)29(16-11-17-30)22(27(20)14-13-26(21,9-4)35-27)24(32)28(15-8-3)19(5)12-7-2/h6,8,19-22,30H,1,3,7,9-18H2,2,4-5H3/t19?,20-,21+,22?,26-,27?/m0/s1. The van der Waals surface area contributed by atoms with E-state index in [9.17, 15) is 19.5 Å². The van der Waals surface area contributed by atoms with Crippen LogP contribution < -0.4 is 0 Å². The molecule has 0 radical (unpaired) electrons. The predicted octanol–water partition coefficient (Wildman–Crippen LogP) is 2.85. The lowest BCUT2D eigenvalue weighted by Crippen LogP contribution is -2.58. The summed E-state index contributed by atoms with van der Waals surface area (Å²) in [7, 11) is 0. The second-order valence-corrected chi connectivity index (χ2v) is 10.1. The molecule has 0 aromatic carbocycles. The Bertz CT molecular complexity index is 830. The lowest BCUT2D eigenvalue weighted by molar-refractivity contribution is -0.162. The maximum absolute atomic E-state index is 14.2. The molecule has 3 aliphatic heterocycles. The number of carbonyl (C=O) groups is 3. The number of hydrogen-bond acceptors (Lipinski definition) is 6. The normalized spacial score (nSPS) is 31.8. The van der Waals surface area contributed by atoms with Crippen LogP contribution in [0.15, 0.2) is 25.3 Å². The summed E-state index contributed by atoms with van der Waals surface area (Å²) in [5.74, 6) is -2.39. The van der Waals surface area contributed by atoms with Crippen LogP contribution in [0.4, 0.5) is 0 Å². The number of carbonyl (C=O) groups excluding carboxylic acids is 3. The number of hydrogen-bond donors (Lipinski definition) is 1. The highest BCUT2D eigenvalue weighted by Crippen LogP contribution is 2.64. The first-order valence-corrected chi connectivity index (χ1v) is 13.1. The maximum atomic E-state index is 14.2. The number of aliphatic hydroxyl groups is 1. The lowest BCUT2D eigenvalue weighted by atomic mass is 9.65. The molecule has 1 N–H and O–H groups in total. The van der Waals surface area contributed by atoms with E-state index in [1.54, 1.807) is 22.0 Å². The van der Waals surface area contributed by atoms with E-state index in [0.717, 1.165) is 12.8 Å². The van der Waals surface area contributed by atoms with Crippen LogP contribution in [-0.4, -0.2) is 82.3 Å². The average molecular weight is 491 g/mol. The number of fused-ring (bicyclic) bond motifs is 1. The number of likely N-dealkylation sites (tertiary alicyclic amines) is 1. The van der Waals surface area contributed by atoms with Crippen LogP contribution in [-0.2, 0) is 23.9 Å². The Hall–Kier alpha value is -2.19. The van der Waals surface area contributed by atoms with Crippen molar-refractivity contribution in [1.29, 1.82) is 0 Å². The van der Waals surface area contributed by atoms with Gasteiger partial charge in [0.05, 0.1) is 18.1 Å². The third-order valence-corrected chi connectivity index (χ3v) is 8.14. The van der Waals surface area contributed by atoms with Crippen molar-refractivity contribution < 1.29 is 29.0 Å². The third kappa shape index (κ3) is 4.55. The maximum Gasteiger partial charge on any atom is 0.312 e. The summed E-state index contributed by atoms with van der Waals surface area (Å²) in [6.45, 7) is 14.2. The summed E-state index contributed by atoms with van der Waals surface area (Å²) >= 11 is 0. The molecular formula is C27H42N2O6. The zero-order valence-corrected chi connectivity index (χ0v) is 21.5. The van der Waals surface area contributed by atoms with Crippen molar-refractivity contribution in [2.45, 2.75) is 89.0 Å². The fraction of sp³-hybridized carbons (Fsp3) is 0.741. The van der Waals surface area contributed by atoms with Crippen LogP contribution in [0.5, 0.6) is 0 Å². The van der Waals surface area contributed by atoms with E-state index in [-0.39, 0.29) is 37.6 Å². The molecule has 0 aliphatic carbocycles. The Morgan fingerprint density at radius 2 is 2.06 bits per heavy atom. The molecule has 2 bridgehead atoms. The Morgan fingerprint density at radius 3 is 2.66 bits per heavy atom. The summed E-state index contributed by atoms with van der Waals surface area (Å²) in [6.07, 6.45) is 7.68. The molecule has 3 saturated heterocycles. The molecule has 8 heteroatoms. The largest absolute Gasteiger partial charge is 0.465 e. The highest BCUT2D eigenvalue weighted by Gasteiger charge is 2.79. The van der Waals surface area contributed by atoms with Crippen LogP contribution in [0.25, 0.3) is 0 Å². The molecule has 3 fully saturated rings. The zero-order chi connectivity index (χ0) is 25.8. The van der Waals surface area contributed by atoms with Crippen LogP contribution in [0.1, 0.15) is 65.7 Å². The summed E-state index contributed by atoms with van der Waals surface area (Å²) < 4.78 is 12.3. The molecule has 0 saturated carbocycles. The predicted molar refractivity (Wildman–Crippen MR) is 132 cm³/mol. The van der Waals surface area contributed by atoms with E-state index in [2.05, 4.69) is 20.1 Å². The molecule has 3 rings (SSSR count). The molecule has 2 amide bonds. The minimum atomic E-state index is -1.08. The van der Waals surface area contributed by atoms with Crippen molar-refractivity contribution in [1.82, 2.24) is 9.80 Å². The van der Waals surface area contributed by atoms with Gasteiger partial charge in [-0.05, 0) is 45.4 Å². The minimum Gasteiger partial charge on any atom is -0.465 e. The molecule has 3 unspecified atom stereocenters. The Morgan fingerprint density at radius 1 is 1.31 bits per heavy atom. The third-order valence-electron chi connectivity index (χ3n) is 8.14. The van der Waals surface area contributed by atoms with Crippen LogP contribution in [0.3, 0.4) is 0 Å². The average Bonchev–Trinajstić information content (AvgIpc) is 3.44. The van der Waals surface area contributed by atoms with Gasteiger partial charge in [0.1, 0.15) is 17.6 Å². The van der Waals surface area contributed by atoms with Crippen molar-refractivity contribution in [2.24, 2.45) is 11.8 Å². The molecule has 0 aromatic heterocycles. The molecule has 196 valence electrons. The van der Waals surface area contributed by atoms with Crippen molar-refractivity contribution in [3.63, 3.8) is 0 Å². The fourth-order valence-electron chi connectivity index (χ4n) is 6.53. The van der Waals surface area contributed by atoms with E-state index in [0.29, 0.717) is 38.6 Å². The first-order valence-electron chi connectivity index (χ1n) is 13.1. The lowest BCUT2D eigenvalue weighted by Gasteiger charge is -2.39. The molecule has 0 aromatic rings. The van der Waals surface area contributed by atoms with E-state index >= 15 is 0 Å². The monoisotopic (exact) mass is 490 g/mol. The molecular weight excluding hydrogens is 448 g/mol. The van der Waals surface area contributed by atoms with Gasteiger partial charge in [0, 0.05) is 25.7 Å². The summed E-state index contributed by atoms with van der Waals surface area (Å²) in [5.41, 5.74) is -1.89. The first kappa shape index (κ1) is 27.4.